The molecule has 84 valence electrons. The van der Waals surface area contributed by atoms with Crippen LogP contribution in [0.25, 0.3) is 0 Å². The fraction of sp³-hybridized carbons (Fsp3) is 1.00. The van der Waals surface area contributed by atoms with Gasteiger partial charge in [0.2, 0.25) is 0 Å². The molecule has 2 unspecified atom stereocenters. The molecular weight excluding hydrogens is 204 g/mol. The monoisotopic (exact) mass is 216 g/mol. The SMILES string of the molecule is OC1CCCC1OCC(F)(F)C(F)F. The van der Waals surface area contributed by atoms with Crippen molar-refractivity contribution in [3.05, 3.63) is 0 Å². The van der Waals surface area contributed by atoms with Crippen LogP contribution in [0.2, 0.25) is 0 Å². The van der Waals surface area contributed by atoms with Crippen LogP contribution in [0.3, 0.4) is 0 Å². The predicted molar refractivity (Wildman–Crippen MR) is 40.5 cm³/mol. The van der Waals surface area contributed by atoms with Crippen molar-refractivity contribution in [2.24, 2.45) is 0 Å². The molecule has 2 nitrogen and oxygen atoms in total. The minimum atomic E-state index is -4.12. The van der Waals surface area contributed by atoms with Gasteiger partial charge in [0.25, 0.3) is 0 Å². The van der Waals surface area contributed by atoms with Crippen LogP contribution < -0.4 is 0 Å². The molecule has 1 aliphatic carbocycles. The minimum Gasteiger partial charge on any atom is -0.390 e. The first-order valence-corrected chi connectivity index (χ1v) is 4.39. The van der Waals surface area contributed by atoms with E-state index in [-0.39, 0.29) is 0 Å². The summed E-state index contributed by atoms with van der Waals surface area (Å²) in [6, 6.07) is 0. The maximum Gasteiger partial charge on any atom is 0.330 e. The van der Waals surface area contributed by atoms with E-state index in [9.17, 15) is 17.6 Å². The van der Waals surface area contributed by atoms with Crippen molar-refractivity contribution < 1.29 is 27.4 Å². The molecule has 1 N–H and O–H groups in total. The average Bonchev–Trinajstić information content (AvgIpc) is 2.47. The lowest BCUT2D eigenvalue weighted by Crippen LogP contribution is -2.36. The van der Waals surface area contributed by atoms with E-state index in [2.05, 4.69) is 4.74 Å². The van der Waals surface area contributed by atoms with Gasteiger partial charge >= 0.3 is 12.3 Å². The van der Waals surface area contributed by atoms with Crippen molar-refractivity contribution in [1.29, 1.82) is 0 Å². The molecule has 0 bridgehead atoms. The van der Waals surface area contributed by atoms with Crippen molar-refractivity contribution in [3.8, 4) is 0 Å². The second-order valence-electron chi connectivity index (χ2n) is 3.41. The Morgan fingerprint density at radius 1 is 1.36 bits per heavy atom. The maximum atomic E-state index is 12.4. The molecule has 0 aromatic heterocycles. The smallest absolute Gasteiger partial charge is 0.330 e. The average molecular weight is 216 g/mol. The van der Waals surface area contributed by atoms with Gasteiger partial charge in [0.15, 0.2) is 0 Å². The number of halogens is 4. The van der Waals surface area contributed by atoms with E-state index in [4.69, 9.17) is 5.11 Å². The lowest BCUT2D eigenvalue weighted by Gasteiger charge is -2.20. The van der Waals surface area contributed by atoms with Gasteiger partial charge in [-0.05, 0) is 19.3 Å². The Morgan fingerprint density at radius 2 is 2.00 bits per heavy atom. The minimum absolute atomic E-state index is 0.445. The molecule has 1 aliphatic rings. The summed E-state index contributed by atoms with van der Waals surface area (Å²) < 4.78 is 52.7. The van der Waals surface area contributed by atoms with Gasteiger partial charge < -0.3 is 9.84 Å². The number of rotatable bonds is 4. The third-order valence-electron chi connectivity index (χ3n) is 2.23. The molecule has 0 aromatic rings. The van der Waals surface area contributed by atoms with E-state index in [0.717, 1.165) is 0 Å². The molecule has 0 amide bonds. The van der Waals surface area contributed by atoms with E-state index in [1.807, 2.05) is 0 Å². The van der Waals surface area contributed by atoms with E-state index in [1.165, 1.54) is 0 Å². The number of hydrogen-bond donors (Lipinski definition) is 1. The fourth-order valence-electron chi connectivity index (χ4n) is 1.38. The largest absolute Gasteiger partial charge is 0.390 e. The Kier molecular flexibility index (Phi) is 3.71. The van der Waals surface area contributed by atoms with Gasteiger partial charge in [-0.3, -0.25) is 0 Å². The van der Waals surface area contributed by atoms with Crippen molar-refractivity contribution in [2.45, 2.75) is 43.8 Å². The summed E-state index contributed by atoms with van der Waals surface area (Å²) >= 11 is 0. The summed E-state index contributed by atoms with van der Waals surface area (Å²) in [4.78, 5) is 0. The number of aliphatic hydroxyl groups is 1. The predicted octanol–water partition coefficient (Wildman–Crippen LogP) is 1.82. The summed E-state index contributed by atoms with van der Waals surface area (Å²) in [5.41, 5.74) is 0. The fourth-order valence-corrected chi connectivity index (χ4v) is 1.38. The topological polar surface area (TPSA) is 29.5 Å². The highest BCUT2D eigenvalue weighted by atomic mass is 19.3. The van der Waals surface area contributed by atoms with Gasteiger partial charge in [0, 0.05) is 0 Å². The zero-order valence-electron chi connectivity index (χ0n) is 7.43. The number of hydrogen-bond acceptors (Lipinski definition) is 2. The third kappa shape index (κ3) is 2.81. The Labute approximate surface area is 78.9 Å². The Balaban J connectivity index is 2.32. The quantitative estimate of drug-likeness (QED) is 0.726. The van der Waals surface area contributed by atoms with Crippen LogP contribution in [0, 0.1) is 0 Å². The van der Waals surface area contributed by atoms with Gasteiger partial charge in [-0.15, -0.1) is 0 Å². The first-order valence-electron chi connectivity index (χ1n) is 4.39. The second kappa shape index (κ2) is 4.44. The maximum absolute atomic E-state index is 12.4. The Hall–Kier alpha value is -0.360. The number of aliphatic hydroxyl groups excluding tert-OH is 1. The van der Waals surface area contributed by atoms with Crippen LogP contribution in [0.1, 0.15) is 19.3 Å². The second-order valence-corrected chi connectivity index (χ2v) is 3.41. The van der Waals surface area contributed by atoms with E-state index in [0.29, 0.717) is 19.3 Å². The molecule has 1 rings (SSSR count). The zero-order chi connectivity index (χ0) is 10.8. The van der Waals surface area contributed by atoms with Crippen LogP contribution in [0.4, 0.5) is 17.6 Å². The normalized spacial score (nSPS) is 28.7. The highest BCUT2D eigenvalue weighted by molar-refractivity contribution is 4.78. The van der Waals surface area contributed by atoms with Gasteiger partial charge in [-0.1, -0.05) is 0 Å². The first-order chi connectivity index (χ1) is 6.43. The van der Waals surface area contributed by atoms with E-state index in [1.54, 1.807) is 0 Å². The molecule has 1 fully saturated rings. The molecule has 1 saturated carbocycles. The zero-order valence-corrected chi connectivity index (χ0v) is 7.43. The molecule has 6 heteroatoms. The number of alkyl halides is 4. The van der Waals surface area contributed by atoms with Crippen molar-refractivity contribution >= 4 is 0 Å². The summed E-state index contributed by atoms with van der Waals surface area (Å²) in [7, 11) is 0. The van der Waals surface area contributed by atoms with Gasteiger partial charge in [-0.2, -0.15) is 8.78 Å². The summed E-state index contributed by atoms with van der Waals surface area (Å²) in [6.07, 6.45) is -3.65. The highest BCUT2D eigenvalue weighted by Gasteiger charge is 2.42. The Bertz CT molecular complexity index is 186. The van der Waals surface area contributed by atoms with E-state index < -0.39 is 31.2 Å². The van der Waals surface area contributed by atoms with Crippen LogP contribution >= 0.6 is 0 Å². The van der Waals surface area contributed by atoms with Crippen LogP contribution in [-0.2, 0) is 4.74 Å². The molecule has 14 heavy (non-hydrogen) atoms. The molecule has 0 radical (unpaired) electrons. The molecular formula is C8H12F4O2. The Morgan fingerprint density at radius 3 is 2.43 bits per heavy atom. The van der Waals surface area contributed by atoms with Crippen LogP contribution in [0.15, 0.2) is 0 Å². The van der Waals surface area contributed by atoms with Crippen LogP contribution in [0.5, 0.6) is 0 Å². The van der Waals surface area contributed by atoms with Crippen molar-refractivity contribution in [1.82, 2.24) is 0 Å². The lowest BCUT2D eigenvalue weighted by atomic mass is 10.2. The molecule has 0 aliphatic heterocycles. The molecule has 2 atom stereocenters. The van der Waals surface area contributed by atoms with Gasteiger partial charge in [-0.25, -0.2) is 8.78 Å². The molecule has 0 aromatic carbocycles. The van der Waals surface area contributed by atoms with Crippen LogP contribution in [-0.4, -0.2) is 36.3 Å². The van der Waals surface area contributed by atoms with E-state index >= 15 is 0 Å². The number of ether oxygens (including phenoxy) is 1. The van der Waals surface area contributed by atoms with Gasteiger partial charge in [0.1, 0.15) is 6.61 Å². The summed E-state index contributed by atoms with van der Waals surface area (Å²) in [6.45, 7) is -1.33. The summed E-state index contributed by atoms with van der Waals surface area (Å²) in [5.74, 6) is -4.12. The molecule has 0 heterocycles. The highest BCUT2D eigenvalue weighted by Crippen LogP contribution is 2.27. The molecule has 0 spiro atoms. The summed E-state index contributed by atoms with van der Waals surface area (Å²) in [5, 5.41) is 9.17. The first kappa shape index (κ1) is 11.7. The lowest BCUT2D eigenvalue weighted by molar-refractivity contribution is -0.182. The molecule has 0 saturated heterocycles. The van der Waals surface area contributed by atoms with Crippen molar-refractivity contribution in [2.75, 3.05) is 6.61 Å². The third-order valence-corrected chi connectivity index (χ3v) is 2.23. The standard InChI is InChI=1S/C8H12F4O2/c9-7(10)8(11,12)4-14-6-3-1-2-5(6)13/h5-7,13H,1-4H2. The van der Waals surface area contributed by atoms with Crippen molar-refractivity contribution in [3.63, 3.8) is 0 Å². The van der Waals surface area contributed by atoms with Gasteiger partial charge in [0.05, 0.1) is 12.2 Å².